The van der Waals surface area contributed by atoms with Gasteiger partial charge in [-0.2, -0.15) is 0 Å². The van der Waals surface area contributed by atoms with Crippen molar-refractivity contribution >= 4 is 11.5 Å². The van der Waals surface area contributed by atoms with E-state index in [0.29, 0.717) is 12.2 Å². The number of ether oxygens (including phenoxy) is 1. The number of rotatable bonds is 2. The van der Waals surface area contributed by atoms with E-state index < -0.39 is 0 Å². The van der Waals surface area contributed by atoms with Gasteiger partial charge in [0.15, 0.2) is 5.78 Å². The zero-order valence-electron chi connectivity index (χ0n) is 9.43. The van der Waals surface area contributed by atoms with Crippen molar-refractivity contribution in [2.75, 3.05) is 25.2 Å². The fourth-order valence-corrected chi connectivity index (χ4v) is 1.80. The topological polar surface area (TPSA) is 49.8 Å². The van der Waals surface area contributed by atoms with Crippen LogP contribution in [0.5, 0.6) is 5.75 Å². The predicted octanol–water partition coefficient (Wildman–Crippen LogP) is 1.08. The van der Waals surface area contributed by atoms with Gasteiger partial charge in [-0.05, 0) is 25.1 Å². The van der Waals surface area contributed by atoms with Gasteiger partial charge in [-0.1, -0.05) is 0 Å². The number of hydrogen-bond acceptors (Lipinski definition) is 4. The van der Waals surface area contributed by atoms with E-state index in [4.69, 9.17) is 4.74 Å². The van der Waals surface area contributed by atoms with E-state index in [1.165, 1.54) is 6.92 Å². The molecule has 0 aliphatic carbocycles. The van der Waals surface area contributed by atoms with E-state index in [2.05, 4.69) is 0 Å². The Balaban J connectivity index is 2.40. The third-order valence-corrected chi connectivity index (χ3v) is 2.94. The van der Waals surface area contributed by atoms with Crippen LogP contribution in [0.1, 0.15) is 17.3 Å². The Morgan fingerprint density at radius 1 is 1.62 bits per heavy atom. The maximum absolute atomic E-state index is 11.3. The largest absolute Gasteiger partial charge is 0.489 e. The summed E-state index contributed by atoms with van der Waals surface area (Å²) in [5, 5.41) is 9.18. The molecule has 0 saturated heterocycles. The Morgan fingerprint density at radius 3 is 3.00 bits per heavy atom. The van der Waals surface area contributed by atoms with E-state index >= 15 is 0 Å². The SMILES string of the molecule is CC(=O)c1ccc2c(c1)N(C)C(CO)CO2. The highest BCUT2D eigenvalue weighted by Gasteiger charge is 2.24. The van der Waals surface area contributed by atoms with Crippen LogP contribution in [0.15, 0.2) is 18.2 Å². The van der Waals surface area contributed by atoms with Gasteiger partial charge >= 0.3 is 0 Å². The third kappa shape index (κ3) is 1.76. The molecule has 0 radical (unpaired) electrons. The minimum atomic E-state index is -0.0466. The van der Waals surface area contributed by atoms with E-state index in [-0.39, 0.29) is 18.4 Å². The molecule has 0 saturated carbocycles. The number of hydrogen-bond donors (Lipinski definition) is 1. The monoisotopic (exact) mass is 221 g/mol. The Morgan fingerprint density at radius 2 is 2.38 bits per heavy atom. The maximum atomic E-state index is 11.3. The second kappa shape index (κ2) is 4.14. The smallest absolute Gasteiger partial charge is 0.159 e. The molecule has 1 aromatic rings. The van der Waals surface area contributed by atoms with Crippen molar-refractivity contribution in [2.24, 2.45) is 0 Å². The second-order valence-electron chi connectivity index (χ2n) is 4.00. The molecule has 1 aliphatic rings. The molecule has 0 spiro atoms. The van der Waals surface area contributed by atoms with Crippen molar-refractivity contribution in [1.82, 2.24) is 0 Å². The predicted molar refractivity (Wildman–Crippen MR) is 61.2 cm³/mol. The van der Waals surface area contributed by atoms with Crippen LogP contribution in [0.4, 0.5) is 5.69 Å². The summed E-state index contributed by atoms with van der Waals surface area (Å²) in [4.78, 5) is 13.2. The molecular weight excluding hydrogens is 206 g/mol. The molecule has 1 unspecified atom stereocenters. The highest BCUT2D eigenvalue weighted by molar-refractivity contribution is 5.95. The van der Waals surface area contributed by atoms with E-state index in [1.54, 1.807) is 18.2 Å². The number of Topliss-reactive ketones (excluding diaryl/α,β-unsaturated/α-hetero) is 1. The number of carbonyl (C=O) groups is 1. The van der Waals surface area contributed by atoms with Crippen LogP contribution in [0.3, 0.4) is 0 Å². The lowest BCUT2D eigenvalue weighted by Gasteiger charge is -2.34. The van der Waals surface area contributed by atoms with Crippen molar-refractivity contribution in [1.29, 1.82) is 0 Å². The van der Waals surface area contributed by atoms with Crippen LogP contribution >= 0.6 is 0 Å². The molecule has 1 aliphatic heterocycles. The normalized spacial score (nSPS) is 18.9. The summed E-state index contributed by atoms with van der Waals surface area (Å²) in [6.45, 7) is 2.05. The number of carbonyl (C=O) groups excluding carboxylic acids is 1. The lowest BCUT2D eigenvalue weighted by Crippen LogP contribution is -2.42. The summed E-state index contributed by atoms with van der Waals surface area (Å²) < 4.78 is 5.52. The molecule has 4 nitrogen and oxygen atoms in total. The van der Waals surface area contributed by atoms with Crippen molar-refractivity contribution in [3.8, 4) is 5.75 Å². The Labute approximate surface area is 94.4 Å². The van der Waals surface area contributed by atoms with Gasteiger partial charge in [0.1, 0.15) is 12.4 Å². The molecule has 0 amide bonds. The van der Waals surface area contributed by atoms with Crippen molar-refractivity contribution in [2.45, 2.75) is 13.0 Å². The molecular formula is C12H15NO3. The molecule has 4 heteroatoms. The Bertz CT molecular complexity index is 417. The molecule has 0 aromatic heterocycles. The van der Waals surface area contributed by atoms with Crippen molar-refractivity contribution in [3.05, 3.63) is 23.8 Å². The molecule has 16 heavy (non-hydrogen) atoms. The summed E-state index contributed by atoms with van der Waals surface area (Å²) in [7, 11) is 1.89. The van der Waals surface area contributed by atoms with Crippen LogP contribution in [-0.4, -0.2) is 37.2 Å². The van der Waals surface area contributed by atoms with Crippen molar-refractivity contribution in [3.63, 3.8) is 0 Å². The van der Waals surface area contributed by atoms with E-state index in [0.717, 1.165) is 11.4 Å². The number of aliphatic hydroxyl groups is 1. The molecule has 86 valence electrons. The molecule has 1 atom stereocenters. The highest BCUT2D eigenvalue weighted by Crippen LogP contribution is 2.33. The van der Waals surface area contributed by atoms with Gasteiger partial charge in [-0.25, -0.2) is 0 Å². The minimum Gasteiger partial charge on any atom is -0.489 e. The number of nitrogens with zero attached hydrogens (tertiary/aromatic N) is 1. The van der Waals surface area contributed by atoms with Gasteiger partial charge in [0.05, 0.1) is 18.3 Å². The van der Waals surface area contributed by atoms with Gasteiger partial charge in [-0.3, -0.25) is 4.79 Å². The second-order valence-corrected chi connectivity index (χ2v) is 4.00. The number of benzene rings is 1. The van der Waals surface area contributed by atoms with Crippen LogP contribution < -0.4 is 9.64 Å². The molecule has 1 N–H and O–H groups in total. The van der Waals surface area contributed by atoms with Gasteiger partial charge in [-0.15, -0.1) is 0 Å². The van der Waals surface area contributed by atoms with Crippen molar-refractivity contribution < 1.29 is 14.6 Å². The average molecular weight is 221 g/mol. The number of fused-ring (bicyclic) bond motifs is 1. The number of aliphatic hydroxyl groups excluding tert-OH is 1. The zero-order chi connectivity index (χ0) is 11.7. The van der Waals surface area contributed by atoms with Gasteiger partial charge in [0.2, 0.25) is 0 Å². The fourth-order valence-electron chi connectivity index (χ4n) is 1.80. The van der Waals surface area contributed by atoms with Crippen LogP contribution in [0.25, 0.3) is 0 Å². The first-order valence-electron chi connectivity index (χ1n) is 5.25. The first kappa shape index (κ1) is 11.0. The zero-order valence-corrected chi connectivity index (χ0v) is 9.43. The lowest BCUT2D eigenvalue weighted by atomic mass is 10.1. The van der Waals surface area contributed by atoms with E-state index in [1.807, 2.05) is 11.9 Å². The molecule has 0 bridgehead atoms. The third-order valence-electron chi connectivity index (χ3n) is 2.94. The van der Waals surface area contributed by atoms with Crippen LogP contribution in [0.2, 0.25) is 0 Å². The summed E-state index contributed by atoms with van der Waals surface area (Å²) in [5.41, 5.74) is 1.52. The summed E-state index contributed by atoms with van der Waals surface area (Å²) in [6.07, 6.45) is 0. The van der Waals surface area contributed by atoms with E-state index in [9.17, 15) is 9.90 Å². The van der Waals surface area contributed by atoms with Gasteiger partial charge in [0.25, 0.3) is 0 Å². The molecule has 1 heterocycles. The van der Waals surface area contributed by atoms with Crippen LogP contribution in [-0.2, 0) is 0 Å². The highest BCUT2D eigenvalue weighted by atomic mass is 16.5. The molecule has 2 rings (SSSR count). The molecule has 0 fully saturated rings. The maximum Gasteiger partial charge on any atom is 0.159 e. The summed E-state index contributed by atoms with van der Waals surface area (Å²) in [6, 6.07) is 5.32. The summed E-state index contributed by atoms with van der Waals surface area (Å²) >= 11 is 0. The Hall–Kier alpha value is -1.55. The first-order valence-corrected chi connectivity index (χ1v) is 5.25. The summed E-state index contributed by atoms with van der Waals surface area (Å²) in [5.74, 6) is 0.791. The standard InChI is InChI=1S/C12H15NO3/c1-8(15)9-3-4-12-11(5-9)13(2)10(6-14)7-16-12/h3-5,10,14H,6-7H2,1-2H3. The number of anilines is 1. The van der Waals surface area contributed by atoms with Gasteiger partial charge < -0.3 is 14.7 Å². The Kier molecular flexibility index (Phi) is 2.83. The number of ketones is 1. The fraction of sp³-hybridized carbons (Fsp3) is 0.417. The first-order chi connectivity index (χ1) is 7.63. The number of likely N-dealkylation sites (N-methyl/N-ethyl adjacent to an activating group) is 1. The van der Waals surface area contributed by atoms with Crippen LogP contribution in [0, 0.1) is 0 Å². The van der Waals surface area contributed by atoms with Gasteiger partial charge in [0, 0.05) is 12.6 Å². The average Bonchev–Trinajstić information content (AvgIpc) is 2.29. The minimum absolute atomic E-state index is 0.0299. The molecule has 1 aromatic carbocycles. The quantitative estimate of drug-likeness (QED) is 0.759. The lowest BCUT2D eigenvalue weighted by molar-refractivity contribution is 0.101.